The van der Waals surface area contributed by atoms with Crippen LogP contribution in [0.1, 0.15) is 37.8 Å². The largest absolute Gasteiger partial charge is 0.422 e. The van der Waals surface area contributed by atoms with Gasteiger partial charge in [-0.2, -0.15) is 13.2 Å². The van der Waals surface area contributed by atoms with Gasteiger partial charge in [0.15, 0.2) is 0 Å². The average Bonchev–Trinajstić information content (AvgIpc) is 2.83. The van der Waals surface area contributed by atoms with Gasteiger partial charge in [-0.15, -0.1) is 0 Å². The maximum atomic E-state index is 13.9. The molecule has 0 saturated carbocycles. The van der Waals surface area contributed by atoms with Gasteiger partial charge in [-0.3, -0.25) is 9.74 Å². The van der Waals surface area contributed by atoms with E-state index in [1.165, 1.54) is 6.20 Å². The number of amidine groups is 1. The van der Waals surface area contributed by atoms with Gasteiger partial charge < -0.3 is 25.9 Å². The molecule has 9 nitrogen and oxygen atoms in total. The molecule has 0 bridgehead atoms. The van der Waals surface area contributed by atoms with Gasteiger partial charge in [-0.05, 0) is 50.5 Å². The Morgan fingerprint density at radius 2 is 1.92 bits per heavy atom. The number of carbonyl (C=O) groups is 1. The fourth-order valence-corrected chi connectivity index (χ4v) is 4.02. The molecule has 1 fully saturated rings. The number of alkyl halides is 3. The predicted molar refractivity (Wildman–Crippen MR) is 122 cm³/mol. The molecule has 36 heavy (non-hydrogen) atoms. The molecule has 1 aliphatic rings. The Hall–Kier alpha value is -3.45. The maximum Gasteiger partial charge on any atom is 0.422 e. The Balaban J connectivity index is 1.96. The van der Waals surface area contributed by atoms with Gasteiger partial charge in [-0.25, -0.2) is 9.79 Å². The molecule has 5 N–H and O–H groups in total. The molecule has 2 aromatic rings. The normalized spacial score (nSPS) is 18.9. The highest BCUT2D eigenvalue weighted by Gasteiger charge is 2.67. The third-order valence-electron chi connectivity index (χ3n) is 6.17. The molecular formula is C23H26F4N4O5. The molecule has 1 saturated heterocycles. The van der Waals surface area contributed by atoms with Gasteiger partial charge in [0.05, 0.1) is 18.0 Å². The number of nitrogens with two attached hydrogens (primary N) is 1. The van der Waals surface area contributed by atoms with E-state index >= 15 is 0 Å². The van der Waals surface area contributed by atoms with Gasteiger partial charge in [0, 0.05) is 23.4 Å². The minimum Gasteiger partial charge on any atom is -0.383 e. The molecule has 1 aromatic carbocycles. The lowest BCUT2D eigenvalue weighted by atomic mass is 9.70. The molecule has 0 aliphatic carbocycles. The van der Waals surface area contributed by atoms with Crippen molar-refractivity contribution >= 4 is 23.2 Å². The Morgan fingerprint density at radius 3 is 2.47 bits per heavy atom. The molecule has 1 aromatic heterocycles. The van der Waals surface area contributed by atoms with E-state index in [0.717, 1.165) is 37.1 Å². The van der Waals surface area contributed by atoms with E-state index in [1.54, 1.807) is 6.07 Å². The lowest BCUT2D eigenvalue weighted by Crippen LogP contribution is -2.56. The van der Waals surface area contributed by atoms with Crippen LogP contribution in [0.4, 0.5) is 29.1 Å². The van der Waals surface area contributed by atoms with Crippen molar-refractivity contribution in [1.29, 1.82) is 0 Å². The summed E-state index contributed by atoms with van der Waals surface area (Å²) in [4.78, 5) is 33.9. The van der Waals surface area contributed by atoms with E-state index < -0.39 is 34.3 Å². The summed E-state index contributed by atoms with van der Waals surface area (Å²) < 4.78 is 59.7. The molecule has 1 aliphatic heterocycles. The predicted octanol–water partition coefficient (Wildman–Crippen LogP) is 3.21. The lowest BCUT2D eigenvalue weighted by molar-refractivity contribution is -0.308. The van der Waals surface area contributed by atoms with Crippen molar-refractivity contribution in [2.45, 2.75) is 44.5 Å². The molecule has 13 heteroatoms. The molecular weight excluding hydrogens is 488 g/mol. The molecule has 196 valence electrons. The number of aliphatic imine (C=N–C) groups is 1. The van der Waals surface area contributed by atoms with Crippen LogP contribution in [0.3, 0.4) is 0 Å². The van der Waals surface area contributed by atoms with Gasteiger partial charge in [0.25, 0.3) is 5.56 Å². The third-order valence-corrected chi connectivity index (χ3v) is 6.17. The van der Waals surface area contributed by atoms with Crippen molar-refractivity contribution in [3.63, 3.8) is 0 Å². The van der Waals surface area contributed by atoms with Crippen LogP contribution in [0, 0.1) is 5.41 Å². The summed E-state index contributed by atoms with van der Waals surface area (Å²) in [6, 6.07) is 5.52. The van der Waals surface area contributed by atoms with Crippen molar-refractivity contribution in [2.75, 3.05) is 18.5 Å². The maximum absolute atomic E-state index is 13.9. The van der Waals surface area contributed by atoms with Crippen LogP contribution in [0.2, 0.25) is 0 Å². The number of rotatable bonds is 7. The molecule has 0 amide bonds. The average molecular weight is 514 g/mol. The minimum atomic E-state index is -5.37. The van der Waals surface area contributed by atoms with Gasteiger partial charge >= 0.3 is 12.1 Å². The van der Waals surface area contributed by atoms with E-state index in [9.17, 15) is 32.4 Å². The summed E-state index contributed by atoms with van der Waals surface area (Å²) in [6.07, 6.45) is -2.27. The number of nitrogens with zero attached hydrogens (tertiary/aromatic N) is 1. The Kier molecular flexibility index (Phi) is 7.74. The zero-order valence-electron chi connectivity index (χ0n) is 19.5. The monoisotopic (exact) mass is 514 g/mol. The standard InChI is InChI=1S/C23H26F4N4O5/c1-21(2,20(33)36-27)22(34,23(24,25)26)13-5-7-14(8-6-13)31-18(28)17-16(9-10-29-19(17)32)30-15-4-3-11-35-12-15/h5-10,15,34H,3-4,11-12H2,1-2H3,(H2,28,31)(H2,29,30,32)/t15-,22?/m1/s1. The number of nitrogens with one attached hydrogen (secondary N) is 2. The van der Waals surface area contributed by atoms with Crippen molar-refractivity contribution in [2.24, 2.45) is 16.1 Å². The fourth-order valence-electron chi connectivity index (χ4n) is 4.02. The van der Waals surface area contributed by atoms with E-state index in [1.807, 2.05) is 0 Å². The zero-order chi connectivity index (χ0) is 26.7. The first-order chi connectivity index (χ1) is 16.8. The highest BCUT2D eigenvalue weighted by atomic mass is 19.4. The highest BCUT2D eigenvalue weighted by Crippen LogP contribution is 2.51. The van der Waals surface area contributed by atoms with Gasteiger partial charge in [0.1, 0.15) is 16.8 Å². The summed E-state index contributed by atoms with van der Waals surface area (Å²) in [5.41, 5.74) is -1.22. The van der Waals surface area contributed by atoms with Crippen molar-refractivity contribution in [1.82, 2.24) is 4.98 Å². The number of hydrogen-bond donors (Lipinski definition) is 4. The number of aromatic amines is 1. The number of halogens is 4. The summed E-state index contributed by atoms with van der Waals surface area (Å²) in [6.45, 7) is 2.51. The number of carbonyl (C=O) groups excluding carboxylic acids is 1. The number of pyridine rings is 1. The molecule has 0 radical (unpaired) electrons. The Morgan fingerprint density at radius 1 is 1.25 bits per heavy atom. The lowest BCUT2D eigenvalue weighted by Gasteiger charge is -2.41. The number of hydrogen-bond acceptors (Lipinski definition) is 7. The van der Waals surface area contributed by atoms with Crippen LogP contribution in [0.25, 0.3) is 0 Å². The number of aromatic nitrogens is 1. The minimum absolute atomic E-state index is 0.0331. The van der Waals surface area contributed by atoms with Gasteiger partial charge in [-0.1, -0.05) is 12.1 Å². The second kappa shape index (κ2) is 10.3. The van der Waals surface area contributed by atoms with Crippen LogP contribution < -0.4 is 16.6 Å². The highest BCUT2D eigenvalue weighted by molar-refractivity contribution is 6.03. The molecule has 2 heterocycles. The van der Waals surface area contributed by atoms with Crippen LogP contribution in [-0.2, 0) is 20.1 Å². The van der Waals surface area contributed by atoms with E-state index in [-0.39, 0.29) is 23.1 Å². The molecule has 2 atom stereocenters. The summed E-state index contributed by atoms with van der Waals surface area (Å²) in [5.74, 6) is -2.11. The summed E-state index contributed by atoms with van der Waals surface area (Å²) in [5, 5.41) is 13.8. The van der Waals surface area contributed by atoms with Crippen LogP contribution in [0.5, 0.6) is 0 Å². The van der Waals surface area contributed by atoms with Gasteiger partial charge in [0.2, 0.25) is 5.60 Å². The van der Waals surface area contributed by atoms with E-state index in [2.05, 4.69) is 20.2 Å². The van der Waals surface area contributed by atoms with Crippen LogP contribution >= 0.6 is 0 Å². The molecule has 1 unspecified atom stereocenters. The smallest absolute Gasteiger partial charge is 0.383 e. The Bertz CT molecular complexity index is 1170. The van der Waals surface area contributed by atoms with E-state index in [4.69, 9.17) is 10.5 Å². The molecule has 3 rings (SSSR count). The van der Waals surface area contributed by atoms with Crippen molar-refractivity contribution in [3.05, 3.63) is 58.0 Å². The fraction of sp³-hybridized carbons (Fsp3) is 0.435. The first-order valence-electron chi connectivity index (χ1n) is 11.0. The second-order valence-electron chi connectivity index (χ2n) is 8.90. The SMILES string of the molecule is CC(C)(C(=O)OF)C(O)(c1ccc(N=C(N)c2c(N[C@@H]3CCCOC3)cc[nH]c2=O)cc1)C(F)(F)F. The Labute approximate surface area is 203 Å². The molecule has 0 spiro atoms. The first-order valence-corrected chi connectivity index (χ1v) is 11.0. The number of anilines is 1. The second-order valence-corrected chi connectivity index (χ2v) is 8.90. The number of H-pyrrole nitrogens is 1. The summed E-state index contributed by atoms with van der Waals surface area (Å²) >= 11 is 0. The quantitative estimate of drug-likeness (QED) is 0.253. The third kappa shape index (κ3) is 5.07. The zero-order valence-corrected chi connectivity index (χ0v) is 19.5. The van der Waals surface area contributed by atoms with Crippen LogP contribution in [0.15, 0.2) is 46.3 Å². The summed E-state index contributed by atoms with van der Waals surface area (Å²) in [7, 11) is 0. The van der Waals surface area contributed by atoms with E-state index in [0.29, 0.717) is 32.7 Å². The number of aliphatic hydroxyl groups is 1. The van der Waals surface area contributed by atoms with Crippen molar-refractivity contribution in [3.8, 4) is 0 Å². The number of benzene rings is 1. The number of ether oxygens (including phenoxy) is 1. The van der Waals surface area contributed by atoms with Crippen molar-refractivity contribution < 1.29 is 37.3 Å². The topological polar surface area (TPSA) is 139 Å². The first kappa shape index (κ1) is 27.1. The van der Waals surface area contributed by atoms with Crippen LogP contribution in [-0.4, -0.2) is 47.3 Å².